The second-order valence-electron chi connectivity index (χ2n) is 9.96. The van der Waals surface area contributed by atoms with Crippen molar-refractivity contribution in [2.24, 2.45) is 4.99 Å². The van der Waals surface area contributed by atoms with Gasteiger partial charge in [-0.2, -0.15) is 25.9 Å². The maximum Gasteiger partial charge on any atom is 0.534 e. The Hall–Kier alpha value is -3.23. The Morgan fingerprint density at radius 2 is 1.74 bits per heavy atom. The van der Waals surface area contributed by atoms with Crippen molar-refractivity contribution in [1.82, 2.24) is 9.29 Å². The number of hydrogen-bond acceptors (Lipinski definition) is 7. The number of aromatic amines is 1. The van der Waals surface area contributed by atoms with Crippen LogP contribution in [-0.4, -0.2) is 63.8 Å². The third kappa shape index (κ3) is 4.25. The number of hydrogen-bond donors (Lipinski definition) is 1. The second kappa shape index (κ2) is 8.89. The molecule has 0 radical (unpaired) electrons. The van der Waals surface area contributed by atoms with Crippen LogP contribution in [0.3, 0.4) is 0 Å². The Balaban J connectivity index is 1.77. The van der Waals surface area contributed by atoms with Gasteiger partial charge < -0.3 is 9.17 Å². The number of rotatable bonds is 5. The molecule has 5 rings (SSSR count). The molecule has 0 spiro atoms. The molecule has 39 heavy (non-hydrogen) atoms. The van der Waals surface area contributed by atoms with Crippen molar-refractivity contribution in [2.45, 2.75) is 42.5 Å². The summed E-state index contributed by atoms with van der Waals surface area (Å²) in [4.78, 5) is 20.2. The summed E-state index contributed by atoms with van der Waals surface area (Å²) in [5, 5.41) is 0.575. The predicted molar refractivity (Wildman–Crippen MR) is 137 cm³/mol. The van der Waals surface area contributed by atoms with Gasteiger partial charge in [0.2, 0.25) is 10.0 Å². The largest absolute Gasteiger partial charge is 0.534 e. The lowest BCUT2D eigenvalue weighted by Crippen LogP contribution is -2.34. The molecule has 2 aliphatic rings. The van der Waals surface area contributed by atoms with Crippen LogP contribution >= 0.6 is 0 Å². The fourth-order valence-electron chi connectivity index (χ4n) is 5.18. The zero-order chi connectivity index (χ0) is 28.5. The Kier molecular flexibility index (Phi) is 6.24. The zero-order valence-corrected chi connectivity index (χ0v) is 22.7. The highest BCUT2D eigenvalue weighted by Crippen LogP contribution is 2.47. The molecule has 208 valence electrons. The molecule has 0 atom stereocenters. The third-order valence-corrected chi connectivity index (χ3v) is 10.0. The van der Waals surface area contributed by atoms with E-state index in [0.29, 0.717) is 35.0 Å². The van der Waals surface area contributed by atoms with Crippen molar-refractivity contribution in [3.63, 3.8) is 0 Å². The lowest BCUT2D eigenvalue weighted by Gasteiger charge is -2.33. The third-order valence-electron chi connectivity index (χ3n) is 7.12. The van der Waals surface area contributed by atoms with Gasteiger partial charge in [0, 0.05) is 53.9 Å². The Morgan fingerprint density at radius 1 is 1.08 bits per heavy atom. The van der Waals surface area contributed by atoms with E-state index < -0.39 is 47.5 Å². The van der Waals surface area contributed by atoms with E-state index in [1.807, 2.05) is 0 Å². The van der Waals surface area contributed by atoms with Crippen molar-refractivity contribution in [3.05, 3.63) is 58.3 Å². The van der Waals surface area contributed by atoms with Crippen molar-refractivity contribution < 1.29 is 39.0 Å². The first-order valence-corrected chi connectivity index (χ1v) is 14.8. The smallest absolute Gasteiger partial charge is 0.375 e. The summed E-state index contributed by atoms with van der Waals surface area (Å²) in [6.07, 6.45) is 2.67. The van der Waals surface area contributed by atoms with Crippen molar-refractivity contribution in [3.8, 4) is 5.75 Å². The van der Waals surface area contributed by atoms with Crippen LogP contribution in [0.25, 0.3) is 10.9 Å². The van der Waals surface area contributed by atoms with Crippen molar-refractivity contribution >= 4 is 43.0 Å². The molecule has 9 nitrogen and oxygen atoms in total. The molecular weight excluding hydrogens is 559 g/mol. The van der Waals surface area contributed by atoms with Gasteiger partial charge in [-0.05, 0) is 42.2 Å². The topological polar surface area (TPSA) is 126 Å². The van der Waals surface area contributed by atoms with Gasteiger partial charge >= 0.3 is 15.6 Å². The number of H-pyrrole nitrogens is 1. The molecular formula is C25H24F3N3O6S2. The highest BCUT2D eigenvalue weighted by molar-refractivity contribution is 7.89. The van der Waals surface area contributed by atoms with Gasteiger partial charge in [0.25, 0.3) is 0 Å². The molecule has 0 saturated carbocycles. The molecule has 1 aliphatic carbocycles. The molecule has 0 unspecified atom stereocenters. The highest BCUT2D eigenvalue weighted by Gasteiger charge is 2.50. The van der Waals surface area contributed by atoms with E-state index in [0.717, 1.165) is 22.0 Å². The molecule has 3 aromatic rings. The first-order valence-electron chi connectivity index (χ1n) is 11.9. The van der Waals surface area contributed by atoms with Gasteiger partial charge in [0.15, 0.2) is 11.5 Å². The van der Waals surface area contributed by atoms with Gasteiger partial charge in [-0.3, -0.25) is 9.79 Å². The second-order valence-corrected chi connectivity index (χ2v) is 13.4. The lowest BCUT2D eigenvalue weighted by atomic mass is 9.71. The predicted octanol–water partition coefficient (Wildman–Crippen LogP) is 4.10. The SMILES string of the molecule is CN=Cc1ccc2c3c([nH]c2c1)C(C)(C)c1cc(OS(=O)(=O)C(F)(F)F)c(S(=O)(=O)N2CCCC2)cc1C3=O. The highest BCUT2D eigenvalue weighted by atomic mass is 32.2. The summed E-state index contributed by atoms with van der Waals surface area (Å²) in [6, 6.07) is 7.14. The van der Waals surface area contributed by atoms with Gasteiger partial charge in [-0.15, -0.1) is 0 Å². The Morgan fingerprint density at radius 3 is 2.36 bits per heavy atom. The van der Waals surface area contributed by atoms with Crippen LogP contribution < -0.4 is 4.18 Å². The number of nitrogens with zero attached hydrogens (tertiary/aromatic N) is 2. The summed E-state index contributed by atoms with van der Waals surface area (Å²) in [7, 11) is -9.10. The normalized spacial score (nSPS) is 18.1. The molecule has 1 fully saturated rings. The first kappa shape index (κ1) is 27.3. The summed E-state index contributed by atoms with van der Waals surface area (Å²) in [5.41, 5.74) is -4.72. The number of carbonyl (C=O) groups is 1. The fraction of sp³-hybridized carbons (Fsp3) is 0.360. The van der Waals surface area contributed by atoms with E-state index in [1.54, 1.807) is 45.3 Å². The Bertz CT molecular complexity index is 1770. The van der Waals surface area contributed by atoms with Crippen LogP contribution in [0.4, 0.5) is 13.2 Å². The van der Waals surface area contributed by atoms with Crippen LogP contribution in [0.2, 0.25) is 0 Å². The number of halogens is 3. The number of alkyl halides is 3. The Labute approximate surface area is 222 Å². The van der Waals surface area contributed by atoms with Crippen molar-refractivity contribution in [2.75, 3.05) is 20.1 Å². The van der Waals surface area contributed by atoms with E-state index in [1.165, 1.54) is 0 Å². The van der Waals surface area contributed by atoms with Gasteiger partial charge in [-0.1, -0.05) is 26.0 Å². The average Bonchev–Trinajstić information content (AvgIpc) is 3.51. The standard InChI is InChI=1S/C25H24F3N3O6S2/c1-24(2)17-12-19(37-39(35,36)25(26,27)28)20(38(33,34)31-8-4-5-9-31)11-16(17)22(32)21-15-7-6-14(13-29-3)10-18(15)30-23(21)24/h6-7,10-13,30H,4-5,8-9H2,1-3H3. The minimum atomic E-state index is -6.21. The fourth-order valence-corrected chi connectivity index (χ4v) is 7.34. The molecule has 2 aromatic carbocycles. The zero-order valence-electron chi connectivity index (χ0n) is 21.1. The quantitative estimate of drug-likeness (QED) is 0.274. The summed E-state index contributed by atoms with van der Waals surface area (Å²) in [6.45, 7) is 3.58. The van der Waals surface area contributed by atoms with Crippen LogP contribution in [0.15, 0.2) is 40.2 Å². The monoisotopic (exact) mass is 583 g/mol. The summed E-state index contributed by atoms with van der Waals surface area (Å²) < 4.78 is 96.2. The van der Waals surface area contributed by atoms with Gasteiger partial charge in [0.05, 0.1) is 5.56 Å². The van der Waals surface area contributed by atoms with Crippen LogP contribution in [0.1, 0.15) is 59.4 Å². The minimum Gasteiger partial charge on any atom is -0.375 e. The van der Waals surface area contributed by atoms with Crippen LogP contribution in [0.5, 0.6) is 5.75 Å². The number of sulfonamides is 1. The number of ketones is 1. The maximum atomic E-state index is 13.8. The molecule has 2 heterocycles. The maximum absolute atomic E-state index is 13.8. The van der Waals surface area contributed by atoms with E-state index in [2.05, 4.69) is 14.2 Å². The number of nitrogens with one attached hydrogen (secondary N) is 1. The molecule has 1 saturated heterocycles. The van der Waals surface area contributed by atoms with E-state index >= 15 is 0 Å². The molecule has 0 amide bonds. The van der Waals surface area contributed by atoms with Crippen LogP contribution in [-0.2, 0) is 25.6 Å². The van der Waals surface area contributed by atoms with Crippen molar-refractivity contribution in [1.29, 1.82) is 0 Å². The van der Waals surface area contributed by atoms with E-state index in [9.17, 15) is 34.8 Å². The van der Waals surface area contributed by atoms with E-state index in [4.69, 9.17) is 0 Å². The van der Waals surface area contributed by atoms with Gasteiger partial charge in [0.1, 0.15) is 4.90 Å². The summed E-state index contributed by atoms with van der Waals surface area (Å²) >= 11 is 0. The number of aromatic nitrogens is 1. The first-order chi connectivity index (χ1) is 18.1. The van der Waals surface area contributed by atoms with E-state index in [-0.39, 0.29) is 24.2 Å². The molecule has 1 aliphatic heterocycles. The molecule has 1 aromatic heterocycles. The van der Waals surface area contributed by atoms with Gasteiger partial charge in [-0.25, -0.2) is 8.42 Å². The minimum absolute atomic E-state index is 0.0675. The van der Waals surface area contributed by atoms with Crippen LogP contribution in [0, 0.1) is 0 Å². The molecule has 14 heteroatoms. The summed E-state index contributed by atoms with van der Waals surface area (Å²) in [5.74, 6) is -1.56. The molecule has 1 N–H and O–H groups in total. The lowest BCUT2D eigenvalue weighted by molar-refractivity contribution is -0.0501. The number of benzene rings is 2. The number of aliphatic imine (C=N–C) groups is 1. The average molecular weight is 584 g/mol. The number of fused-ring (bicyclic) bond motifs is 4. The number of carbonyl (C=O) groups excluding carboxylic acids is 1. The molecule has 0 bridgehead atoms.